The largest absolute Gasteiger partial charge is 0.480 e. The van der Waals surface area contributed by atoms with Crippen molar-refractivity contribution >= 4 is 23.5 Å². The van der Waals surface area contributed by atoms with Gasteiger partial charge in [0.15, 0.2) is 0 Å². The van der Waals surface area contributed by atoms with Gasteiger partial charge in [0.2, 0.25) is 5.91 Å². The molecule has 1 unspecified atom stereocenters. The lowest BCUT2D eigenvalue weighted by atomic mass is 9.83. The zero-order chi connectivity index (χ0) is 13.2. The second kappa shape index (κ2) is 4.71. The molecule has 0 aliphatic heterocycles. The molecule has 3 N–H and O–H groups in total. The second-order valence-corrected chi connectivity index (χ2v) is 4.35. The topological polar surface area (TPSA) is 80.4 Å². The van der Waals surface area contributed by atoms with E-state index in [0.717, 1.165) is 13.0 Å². The minimum Gasteiger partial charge on any atom is -0.480 e. The zero-order valence-corrected chi connectivity index (χ0v) is 9.79. The molecule has 1 aromatic carbocycles. The molecule has 17 heavy (non-hydrogen) atoms. The van der Waals surface area contributed by atoms with Crippen LogP contribution in [0.4, 0.5) is 4.39 Å². The molecule has 0 aliphatic rings. The first-order valence-electron chi connectivity index (χ1n) is 4.74. The molecule has 1 rings (SSSR count). The van der Waals surface area contributed by atoms with Gasteiger partial charge >= 0.3 is 5.97 Å². The van der Waals surface area contributed by atoms with Crippen molar-refractivity contribution in [3.05, 3.63) is 34.6 Å². The van der Waals surface area contributed by atoms with Crippen molar-refractivity contribution in [1.29, 1.82) is 0 Å². The Labute approximate surface area is 102 Å². The van der Waals surface area contributed by atoms with E-state index in [9.17, 15) is 14.0 Å². The van der Waals surface area contributed by atoms with Gasteiger partial charge in [0, 0.05) is 11.4 Å². The van der Waals surface area contributed by atoms with E-state index in [4.69, 9.17) is 22.4 Å². The molecular weight excluding hydrogens is 249 g/mol. The van der Waals surface area contributed by atoms with Crippen LogP contribution < -0.4 is 5.73 Å². The molecule has 0 spiro atoms. The average molecular weight is 260 g/mol. The molecule has 0 radical (unpaired) electrons. The number of nitrogens with two attached hydrogens (primary N) is 1. The molecule has 6 heteroatoms. The molecule has 92 valence electrons. The highest BCUT2D eigenvalue weighted by Gasteiger charge is 2.40. The van der Waals surface area contributed by atoms with Crippen LogP contribution in [0.15, 0.2) is 18.2 Å². The number of rotatable bonds is 4. The standard InChI is InChI=1S/C11H11ClFNO3/c1-11(9(14)15,10(16)17)5-6-2-3-7(12)4-8(6)13/h2-4H,5H2,1H3,(H2,14,15)(H,16,17). The van der Waals surface area contributed by atoms with Gasteiger partial charge in [-0.25, -0.2) is 4.39 Å². The third kappa shape index (κ3) is 2.74. The van der Waals surface area contributed by atoms with Crippen LogP contribution in [0, 0.1) is 11.2 Å². The average Bonchev–Trinajstić information content (AvgIpc) is 2.21. The number of carboxylic acid groups (broad SMARTS) is 1. The molecule has 0 saturated carbocycles. The molecule has 0 bridgehead atoms. The Balaban J connectivity index is 3.11. The van der Waals surface area contributed by atoms with Gasteiger partial charge in [0.25, 0.3) is 0 Å². The first-order valence-corrected chi connectivity index (χ1v) is 5.12. The Kier molecular flexibility index (Phi) is 3.72. The monoisotopic (exact) mass is 259 g/mol. The highest BCUT2D eigenvalue weighted by atomic mass is 35.5. The molecule has 1 atom stereocenters. The van der Waals surface area contributed by atoms with Crippen LogP contribution in [0.3, 0.4) is 0 Å². The number of aliphatic carboxylic acids is 1. The third-order valence-corrected chi connectivity index (χ3v) is 2.81. The van der Waals surface area contributed by atoms with Gasteiger partial charge in [-0.15, -0.1) is 0 Å². The number of hydrogen-bond acceptors (Lipinski definition) is 2. The van der Waals surface area contributed by atoms with E-state index in [1.54, 1.807) is 0 Å². The van der Waals surface area contributed by atoms with Crippen molar-refractivity contribution in [2.75, 3.05) is 0 Å². The van der Waals surface area contributed by atoms with Gasteiger partial charge in [-0.2, -0.15) is 0 Å². The molecule has 1 amide bonds. The number of carbonyl (C=O) groups excluding carboxylic acids is 1. The van der Waals surface area contributed by atoms with Crippen LogP contribution in [-0.2, 0) is 16.0 Å². The maximum Gasteiger partial charge on any atom is 0.319 e. The van der Waals surface area contributed by atoms with Gasteiger partial charge in [-0.1, -0.05) is 17.7 Å². The lowest BCUT2D eigenvalue weighted by Gasteiger charge is -2.21. The summed E-state index contributed by atoms with van der Waals surface area (Å²) in [5.41, 5.74) is 3.27. The van der Waals surface area contributed by atoms with Crippen molar-refractivity contribution in [1.82, 2.24) is 0 Å². The van der Waals surface area contributed by atoms with Crippen molar-refractivity contribution in [2.45, 2.75) is 13.3 Å². The Morgan fingerprint density at radius 2 is 2.12 bits per heavy atom. The third-order valence-electron chi connectivity index (χ3n) is 2.57. The predicted octanol–water partition coefficient (Wildman–Crippen LogP) is 1.60. The van der Waals surface area contributed by atoms with Crippen molar-refractivity contribution in [3.63, 3.8) is 0 Å². The Hall–Kier alpha value is -1.62. The fourth-order valence-corrected chi connectivity index (χ4v) is 1.47. The van der Waals surface area contributed by atoms with Crippen molar-refractivity contribution < 1.29 is 19.1 Å². The van der Waals surface area contributed by atoms with Crippen molar-refractivity contribution in [3.8, 4) is 0 Å². The highest BCUT2D eigenvalue weighted by Crippen LogP contribution is 2.25. The molecule has 0 fully saturated rings. The molecule has 4 nitrogen and oxygen atoms in total. The van der Waals surface area contributed by atoms with Gasteiger partial charge in [0.05, 0.1) is 0 Å². The summed E-state index contributed by atoms with van der Waals surface area (Å²) in [4.78, 5) is 22.1. The fourth-order valence-electron chi connectivity index (χ4n) is 1.31. The summed E-state index contributed by atoms with van der Waals surface area (Å²) in [6.07, 6.45) is -0.319. The number of primary amides is 1. The van der Waals surface area contributed by atoms with Crippen LogP contribution in [0.1, 0.15) is 12.5 Å². The Morgan fingerprint density at radius 3 is 2.53 bits per heavy atom. The lowest BCUT2D eigenvalue weighted by molar-refractivity contribution is -0.153. The summed E-state index contributed by atoms with van der Waals surface area (Å²) in [7, 11) is 0. The van der Waals surface area contributed by atoms with Crippen LogP contribution in [0.5, 0.6) is 0 Å². The first kappa shape index (κ1) is 13.4. The van der Waals surface area contributed by atoms with Crippen LogP contribution >= 0.6 is 11.6 Å². The van der Waals surface area contributed by atoms with Crippen LogP contribution in [-0.4, -0.2) is 17.0 Å². The van der Waals surface area contributed by atoms with Gasteiger partial charge in [-0.3, -0.25) is 9.59 Å². The molecular formula is C11H11ClFNO3. The minimum atomic E-state index is -1.84. The maximum atomic E-state index is 13.5. The summed E-state index contributed by atoms with van der Waals surface area (Å²) < 4.78 is 13.5. The lowest BCUT2D eigenvalue weighted by Crippen LogP contribution is -2.43. The summed E-state index contributed by atoms with van der Waals surface area (Å²) in [5, 5.41) is 9.16. The normalized spacial score (nSPS) is 14.1. The Morgan fingerprint density at radius 1 is 1.53 bits per heavy atom. The number of halogens is 2. The number of amides is 1. The zero-order valence-electron chi connectivity index (χ0n) is 9.04. The molecule has 0 aromatic heterocycles. The van der Waals surface area contributed by atoms with Crippen molar-refractivity contribution in [2.24, 2.45) is 11.1 Å². The summed E-state index contributed by atoms with van der Waals surface area (Å²) in [6, 6.07) is 3.81. The van der Waals surface area contributed by atoms with Gasteiger partial charge in [0.1, 0.15) is 11.2 Å². The number of benzene rings is 1. The molecule has 0 aliphatic carbocycles. The molecule has 0 saturated heterocycles. The smallest absolute Gasteiger partial charge is 0.319 e. The summed E-state index contributed by atoms with van der Waals surface area (Å²) in [5.74, 6) is -3.06. The minimum absolute atomic E-state index is 0.0816. The predicted molar refractivity (Wildman–Crippen MR) is 60.1 cm³/mol. The number of carbonyl (C=O) groups is 2. The van der Waals surface area contributed by atoms with E-state index >= 15 is 0 Å². The number of carboxylic acids is 1. The van der Waals surface area contributed by atoms with Crippen LogP contribution in [0.25, 0.3) is 0 Å². The van der Waals surface area contributed by atoms with E-state index < -0.39 is 23.1 Å². The molecule has 1 aromatic rings. The fraction of sp³-hybridized carbons (Fsp3) is 0.273. The van der Waals surface area contributed by atoms with E-state index in [2.05, 4.69) is 0 Å². The second-order valence-electron chi connectivity index (χ2n) is 3.91. The maximum absolute atomic E-state index is 13.5. The van der Waals surface area contributed by atoms with E-state index in [0.29, 0.717) is 0 Å². The van der Waals surface area contributed by atoms with E-state index in [1.165, 1.54) is 12.1 Å². The SMILES string of the molecule is CC(Cc1ccc(Cl)cc1F)(C(N)=O)C(=O)O. The van der Waals surface area contributed by atoms with Gasteiger partial charge in [-0.05, 0) is 24.6 Å². The van der Waals surface area contributed by atoms with Crippen LogP contribution in [0.2, 0.25) is 5.02 Å². The van der Waals surface area contributed by atoms with E-state index in [1.807, 2.05) is 0 Å². The number of hydrogen-bond donors (Lipinski definition) is 2. The van der Waals surface area contributed by atoms with Gasteiger partial charge < -0.3 is 10.8 Å². The van der Waals surface area contributed by atoms with E-state index in [-0.39, 0.29) is 17.0 Å². The molecule has 0 heterocycles. The Bertz CT molecular complexity index is 462. The summed E-state index contributed by atoms with van der Waals surface area (Å²) in [6.45, 7) is 1.16. The highest BCUT2D eigenvalue weighted by molar-refractivity contribution is 6.30. The first-order chi connectivity index (χ1) is 7.77. The summed E-state index contributed by atoms with van der Waals surface area (Å²) >= 11 is 5.57. The quantitative estimate of drug-likeness (QED) is 0.806.